The summed E-state index contributed by atoms with van der Waals surface area (Å²) in [5, 5.41) is 3.87. The van der Waals surface area contributed by atoms with Gasteiger partial charge in [-0.25, -0.2) is 4.98 Å². The van der Waals surface area contributed by atoms with Crippen LogP contribution in [0.4, 0.5) is 5.13 Å². The maximum absolute atomic E-state index is 13.1. The number of nitrogens with one attached hydrogen (secondary N) is 1. The molecule has 1 saturated carbocycles. The Bertz CT molecular complexity index is 999. The Balaban J connectivity index is 1.65. The number of halogens is 3. The molecule has 1 fully saturated rings. The zero-order valence-corrected chi connectivity index (χ0v) is 18.5. The summed E-state index contributed by atoms with van der Waals surface area (Å²) in [6.45, 7) is 0.273. The van der Waals surface area contributed by atoms with Gasteiger partial charge in [-0.3, -0.25) is 19.8 Å². The van der Waals surface area contributed by atoms with Gasteiger partial charge in [-0.15, -0.1) is 0 Å². The zero-order valence-electron chi connectivity index (χ0n) is 15.4. The number of amides is 2. The minimum absolute atomic E-state index is 0.257. The summed E-state index contributed by atoms with van der Waals surface area (Å²) >= 11 is 19.3. The predicted octanol–water partition coefficient (Wildman–Crippen LogP) is 6.16. The Kier molecular flexibility index (Phi) is 6.16. The van der Waals surface area contributed by atoms with E-state index >= 15 is 0 Å². The third-order valence-corrected chi connectivity index (χ3v) is 6.97. The molecule has 2 amide bonds. The van der Waals surface area contributed by atoms with Crippen LogP contribution in [-0.4, -0.2) is 21.7 Å². The second kappa shape index (κ2) is 8.64. The van der Waals surface area contributed by atoms with Gasteiger partial charge in [-0.05, 0) is 36.5 Å². The van der Waals surface area contributed by atoms with Crippen molar-refractivity contribution in [3.63, 3.8) is 0 Å². The molecule has 2 aromatic rings. The smallest absolute Gasteiger partial charge is 0.273 e. The van der Waals surface area contributed by atoms with E-state index in [1.165, 1.54) is 28.9 Å². The number of allylic oxidation sites excluding steroid dienone is 1. The highest BCUT2D eigenvalue weighted by Crippen LogP contribution is 2.35. The van der Waals surface area contributed by atoms with Gasteiger partial charge in [0.1, 0.15) is 10.0 Å². The molecular formula is C20H18Cl3N3O2S. The Morgan fingerprint density at radius 3 is 2.59 bits per heavy atom. The number of hydrogen-bond acceptors (Lipinski definition) is 4. The molecule has 1 aromatic carbocycles. The standard InChI is InChI=1S/C20H18Cl3N3O2S/c21-14-7-12-10-26(19(28)13(12)8-15(14)22)16(6-11-4-2-1-3-5-11)18(27)25-20-24-9-17(23)29-20/h6-9,11H,1-5,10H2,(H,24,25,27)/b16-6-. The van der Waals surface area contributed by atoms with Crippen molar-refractivity contribution in [3.8, 4) is 0 Å². The fourth-order valence-electron chi connectivity index (χ4n) is 3.79. The second-order valence-electron chi connectivity index (χ2n) is 7.19. The minimum Gasteiger partial charge on any atom is -0.299 e. The maximum atomic E-state index is 13.1. The first-order valence-electron chi connectivity index (χ1n) is 9.36. The topological polar surface area (TPSA) is 62.3 Å². The number of fused-ring (bicyclic) bond motifs is 1. The van der Waals surface area contributed by atoms with Crippen LogP contribution in [-0.2, 0) is 11.3 Å². The SMILES string of the molecule is O=C(Nc1ncc(Cl)s1)/C(=C/C1CCCCC1)N1Cc2cc(Cl)c(Cl)cc2C1=O. The number of benzene rings is 1. The Hall–Kier alpha value is -1.60. The average molecular weight is 471 g/mol. The Morgan fingerprint density at radius 1 is 1.17 bits per heavy atom. The lowest BCUT2D eigenvalue weighted by Gasteiger charge is -2.23. The van der Waals surface area contributed by atoms with E-state index < -0.39 is 0 Å². The molecule has 29 heavy (non-hydrogen) atoms. The lowest BCUT2D eigenvalue weighted by Crippen LogP contribution is -2.32. The largest absolute Gasteiger partial charge is 0.299 e. The van der Waals surface area contributed by atoms with Crippen molar-refractivity contribution >= 4 is 63.1 Å². The summed E-state index contributed by atoms with van der Waals surface area (Å²) in [7, 11) is 0. The number of anilines is 1. The van der Waals surface area contributed by atoms with E-state index in [0.29, 0.717) is 30.8 Å². The van der Waals surface area contributed by atoms with Gasteiger partial charge in [0.05, 0.1) is 22.8 Å². The molecule has 2 heterocycles. The average Bonchev–Trinajstić information content (AvgIpc) is 3.24. The molecule has 152 valence electrons. The first kappa shape index (κ1) is 20.7. The monoisotopic (exact) mass is 469 g/mol. The Morgan fingerprint density at radius 2 is 1.90 bits per heavy atom. The number of nitrogens with zero attached hydrogens (tertiary/aromatic N) is 2. The number of carbonyl (C=O) groups is 2. The van der Waals surface area contributed by atoms with Crippen molar-refractivity contribution in [3.05, 3.63) is 55.6 Å². The molecule has 5 nitrogen and oxygen atoms in total. The van der Waals surface area contributed by atoms with Crippen molar-refractivity contribution < 1.29 is 9.59 Å². The van der Waals surface area contributed by atoms with Gasteiger partial charge in [0.25, 0.3) is 11.8 Å². The third kappa shape index (κ3) is 4.45. The summed E-state index contributed by atoms with van der Waals surface area (Å²) in [5.74, 6) is -0.374. The highest BCUT2D eigenvalue weighted by Gasteiger charge is 2.34. The molecule has 1 aliphatic carbocycles. The van der Waals surface area contributed by atoms with Crippen molar-refractivity contribution in [2.24, 2.45) is 5.92 Å². The fraction of sp³-hybridized carbons (Fsp3) is 0.350. The number of thiazole rings is 1. The maximum Gasteiger partial charge on any atom is 0.273 e. The van der Waals surface area contributed by atoms with Crippen LogP contribution in [0.2, 0.25) is 14.4 Å². The molecule has 2 aliphatic rings. The van der Waals surface area contributed by atoms with Crippen LogP contribution in [0, 0.1) is 5.92 Å². The summed E-state index contributed by atoms with van der Waals surface area (Å²) in [6, 6.07) is 3.26. The molecule has 0 bridgehead atoms. The number of hydrogen-bond donors (Lipinski definition) is 1. The molecule has 1 aromatic heterocycles. The van der Waals surface area contributed by atoms with Crippen molar-refractivity contribution in [2.75, 3.05) is 5.32 Å². The number of rotatable bonds is 4. The number of aromatic nitrogens is 1. The predicted molar refractivity (Wildman–Crippen MR) is 117 cm³/mol. The lowest BCUT2D eigenvalue weighted by molar-refractivity contribution is -0.114. The molecule has 9 heteroatoms. The van der Waals surface area contributed by atoms with Crippen LogP contribution >= 0.6 is 46.1 Å². The van der Waals surface area contributed by atoms with Gasteiger partial charge in [0.15, 0.2) is 5.13 Å². The molecular weight excluding hydrogens is 453 g/mol. The highest BCUT2D eigenvalue weighted by atomic mass is 35.5. The van der Waals surface area contributed by atoms with Crippen molar-refractivity contribution in [1.29, 1.82) is 0 Å². The van der Waals surface area contributed by atoms with Gasteiger partial charge in [-0.2, -0.15) is 0 Å². The van der Waals surface area contributed by atoms with Crippen LogP contribution in [0.1, 0.15) is 48.0 Å². The number of carbonyl (C=O) groups excluding carboxylic acids is 2. The van der Waals surface area contributed by atoms with Gasteiger partial charge >= 0.3 is 0 Å². The molecule has 0 spiro atoms. The zero-order chi connectivity index (χ0) is 20.5. The summed E-state index contributed by atoms with van der Waals surface area (Å²) in [6.07, 6.45) is 8.87. The molecule has 0 unspecified atom stereocenters. The van der Waals surface area contributed by atoms with Crippen molar-refractivity contribution in [2.45, 2.75) is 38.6 Å². The van der Waals surface area contributed by atoms with Gasteiger partial charge in [-0.1, -0.05) is 71.5 Å². The van der Waals surface area contributed by atoms with E-state index in [1.807, 2.05) is 6.08 Å². The van der Waals surface area contributed by atoms with Crippen molar-refractivity contribution in [1.82, 2.24) is 9.88 Å². The first-order chi connectivity index (χ1) is 13.9. The molecule has 1 aliphatic heterocycles. The van der Waals surface area contributed by atoms with E-state index in [9.17, 15) is 9.59 Å². The van der Waals surface area contributed by atoms with E-state index in [4.69, 9.17) is 34.8 Å². The van der Waals surface area contributed by atoms with Crippen LogP contribution in [0.25, 0.3) is 0 Å². The van der Waals surface area contributed by atoms with Crippen LogP contribution in [0.15, 0.2) is 30.1 Å². The highest BCUT2D eigenvalue weighted by molar-refractivity contribution is 7.19. The third-order valence-electron chi connectivity index (χ3n) is 5.21. The summed E-state index contributed by atoms with van der Waals surface area (Å²) < 4.78 is 0.479. The molecule has 0 atom stereocenters. The molecule has 0 saturated heterocycles. The quantitative estimate of drug-likeness (QED) is 0.544. The first-order valence-corrected chi connectivity index (χ1v) is 11.3. The molecule has 1 N–H and O–H groups in total. The van der Waals surface area contributed by atoms with Crippen LogP contribution in [0.3, 0.4) is 0 Å². The second-order valence-corrected chi connectivity index (χ2v) is 9.66. The van der Waals surface area contributed by atoms with Gasteiger partial charge in [0.2, 0.25) is 0 Å². The van der Waals surface area contributed by atoms with E-state index in [1.54, 1.807) is 12.1 Å². The molecule has 4 rings (SSSR count). The van der Waals surface area contributed by atoms with E-state index in [0.717, 1.165) is 31.2 Å². The molecule has 0 radical (unpaired) electrons. The van der Waals surface area contributed by atoms with Crippen LogP contribution in [0.5, 0.6) is 0 Å². The van der Waals surface area contributed by atoms with E-state index in [-0.39, 0.29) is 24.3 Å². The van der Waals surface area contributed by atoms with Gasteiger partial charge in [0, 0.05) is 5.56 Å². The van der Waals surface area contributed by atoms with E-state index in [2.05, 4.69) is 10.3 Å². The van der Waals surface area contributed by atoms with Crippen LogP contribution < -0.4 is 5.32 Å². The minimum atomic E-state index is -0.375. The van der Waals surface area contributed by atoms with Gasteiger partial charge < -0.3 is 0 Å². The fourth-order valence-corrected chi connectivity index (χ4v) is 4.94. The Labute approximate surface area is 187 Å². The summed E-state index contributed by atoms with van der Waals surface area (Å²) in [5.41, 5.74) is 1.56. The normalized spacial score (nSPS) is 17.6. The summed E-state index contributed by atoms with van der Waals surface area (Å²) in [4.78, 5) is 31.8. The lowest BCUT2D eigenvalue weighted by atomic mass is 9.88.